The van der Waals surface area contributed by atoms with E-state index >= 15 is 0 Å². The van der Waals surface area contributed by atoms with Crippen LogP contribution in [0.25, 0.3) is 0 Å². The summed E-state index contributed by atoms with van der Waals surface area (Å²) in [5.41, 5.74) is 1.60. The summed E-state index contributed by atoms with van der Waals surface area (Å²) in [6.07, 6.45) is 3.48. The molecule has 28 heavy (non-hydrogen) atoms. The smallest absolute Gasteiger partial charge is 0.325 e. The summed E-state index contributed by atoms with van der Waals surface area (Å²) in [6, 6.07) is 20.2. The molecule has 6 nitrogen and oxygen atoms in total. The first-order valence-corrected chi connectivity index (χ1v) is 8.83. The van der Waals surface area contributed by atoms with Gasteiger partial charge in [-0.15, -0.1) is 0 Å². The van der Waals surface area contributed by atoms with Crippen molar-refractivity contribution in [2.24, 2.45) is 0 Å². The molecular weight excluding hydrogens is 356 g/mol. The molecule has 0 atom stereocenters. The molecule has 2 aromatic carbocycles. The Bertz CT molecular complexity index is 914. The van der Waals surface area contributed by atoms with Crippen molar-refractivity contribution in [2.45, 2.75) is 13.0 Å². The summed E-state index contributed by atoms with van der Waals surface area (Å²) < 4.78 is 11.0. The molecule has 6 heteroatoms. The van der Waals surface area contributed by atoms with Crippen LogP contribution >= 0.6 is 0 Å². The second-order valence-electron chi connectivity index (χ2n) is 6.00. The third-order valence-corrected chi connectivity index (χ3v) is 3.86. The molecule has 1 N–H and O–H groups in total. The molecule has 0 bridgehead atoms. The van der Waals surface area contributed by atoms with Crippen molar-refractivity contribution in [3.63, 3.8) is 0 Å². The second-order valence-corrected chi connectivity index (χ2v) is 6.00. The Kier molecular flexibility index (Phi) is 6.73. The van der Waals surface area contributed by atoms with E-state index in [1.165, 1.54) is 0 Å². The minimum atomic E-state index is -0.516. The molecule has 1 amide bonds. The first kappa shape index (κ1) is 19.1. The number of ether oxygens (including phenoxy) is 2. The number of hydrogen-bond acceptors (Lipinski definition) is 5. The Hall–Kier alpha value is -3.67. The number of rotatable bonds is 8. The zero-order chi connectivity index (χ0) is 19.6. The third kappa shape index (κ3) is 5.95. The molecule has 0 saturated carbocycles. The van der Waals surface area contributed by atoms with Gasteiger partial charge in [-0.3, -0.25) is 14.6 Å². The highest BCUT2D eigenvalue weighted by atomic mass is 16.5. The minimum absolute atomic E-state index is 0.0455. The molecule has 142 valence electrons. The summed E-state index contributed by atoms with van der Waals surface area (Å²) >= 11 is 0. The Morgan fingerprint density at radius 1 is 0.929 bits per heavy atom. The average molecular weight is 376 g/mol. The number of carbonyl (C=O) groups is 2. The van der Waals surface area contributed by atoms with Gasteiger partial charge in [-0.2, -0.15) is 0 Å². The second kappa shape index (κ2) is 9.87. The third-order valence-electron chi connectivity index (χ3n) is 3.86. The highest BCUT2D eigenvalue weighted by Gasteiger charge is 2.10. The van der Waals surface area contributed by atoms with E-state index < -0.39 is 5.97 Å². The van der Waals surface area contributed by atoms with Crippen LogP contribution in [0.1, 0.15) is 11.1 Å². The molecule has 0 aliphatic carbocycles. The first-order chi connectivity index (χ1) is 13.7. The van der Waals surface area contributed by atoms with Crippen molar-refractivity contribution in [1.82, 2.24) is 10.3 Å². The Balaban J connectivity index is 1.47. The molecule has 3 aromatic rings. The number of esters is 1. The lowest BCUT2D eigenvalue weighted by molar-refractivity contribution is -0.145. The maximum absolute atomic E-state index is 12.0. The molecule has 0 aliphatic heterocycles. The average Bonchev–Trinajstić information content (AvgIpc) is 2.73. The van der Waals surface area contributed by atoms with Gasteiger partial charge in [0, 0.05) is 11.8 Å². The predicted octanol–water partition coefficient (Wildman–Crippen LogP) is 3.28. The van der Waals surface area contributed by atoms with Gasteiger partial charge in [0.2, 0.25) is 5.91 Å². The number of aromatic nitrogens is 1. The van der Waals surface area contributed by atoms with E-state index in [1.807, 2.05) is 48.5 Å². The highest BCUT2D eigenvalue weighted by Crippen LogP contribution is 2.25. The number of nitrogens with zero attached hydrogens (tertiary/aromatic N) is 1. The van der Waals surface area contributed by atoms with Crippen molar-refractivity contribution in [3.8, 4) is 11.5 Å². The fourth-order valence-electron chi connectivity index (χ4n) is 2.48. The maximum Gasteiger partial charge on any atom is 0.325 e. The molecule has 0 unspecified atom stereocenters. The van der Waals surface area contributed by atoms with Crippen molar-refractivity contribution in [2.75, 3.05) is 6.54 Å². The summed E-state index contributed by atoms with van der Waals surface area (Å²) in [4.78, 5) is 27.9. The minimum Gasteiger partial charge on any atom is -0.459 e. The number of nitrogens with one attached hydrogen (secondary N) is 1. The Morgan fingerprint density at radius 3 is 2.50 bits per heavy atom. The molecule has 0 spiro atoms. The molecular formula is C22H20N2O4. The number of para-hydroxylation sites is 1. The van der Waals surface area contributed by atoms with Crippen molar-refractivity contribution < 1.29 is 19.1 Å². The number of pyridine rings is 1. The zero-order valence-corrected chi connectivity index (χ0v) is 15.2. The monoisotopic (exact) mass is 376 g/mol. The van der Waals surface area contributed by atoms with Gasteiger partial charge in [0.15, 0.2) is 0 Å². The van der Waals surface area contributed by atoms with E-state index in [0.29, 0.717) is 11.5 Å². The van der Waals surface area contributed by atoms with E-state index in [1.54, 1.807) is 30.6 Å². The molecule has 0 fully saturated rings. The van der Waals surface area contributed by atoms with Gasteiger partial charge in [-0.25, -0.2) is 0 Å². The predicted molar refractivity (Wildman–Crippen MR) is 104 cm³/mol. The Labute approximate surface area is 163 Å². The lowest BCUT2D eigenvalue weighted by Gasteiger charge is -2.11. The van der Waals surface area contributed by atoms with Crippen LogP contribution in [-0.2, 0) is 27.4 Å². The van der Waals surface area contributed by atoms with Crippen LogP contribution in [0.2, 0.25) is 0 Å². The lowest BCUT2D eigenvalue weighted by Crippen LogP contribution is -2.31. The fourth-order valence-corrected chi connectivity index (χ4v) is 2.48. The SMILES string of the molecule is O=C(Cc1ccccc1)NCC(=O)OCc1ccccc1Oc1cccnc1. The van der Waals surface area contributed by atoms with Crippen LogP contribution in [0, 0.1) is 0 Å². The molecule has 0 saturated heterocycles. The fraction of sp³-hybridized carbons (Fsp3) is 0.136. The standard InChI is InChI=1S/C22H20N2O4/c25-21(13-17-7-2-1-3-8-17)24-15-22(26)27-16-18-9-4-5-11-20(18)28-19-10-6-12-23-14-19/h1-12,14H,13,15-16H2,(H,24,25). The van der Waals surface area contributed by atoms with Gasteiger partial charge in [0.1, 0.15) is 24.7 Å². The molecule has 1 aromatic heterocycles. The molecule has 0 radical (unpaired) electrons. The van der Waals surface area contributed by atoms with Gasteiger partial charge in [0.25, 0.3) is 0 Å². The van der Waals surface area contributed by atoms with E-state index in [2.05, 4.69) is 10.3 Å². The van der Waals surface area contributed by atoms with Crippen LogP contribution in [0.3, 0.4) is 0 Å². The van der Waals surface area contributed by atoms with E-state index in [0.717, 1.165) is 11.1 Å². The van der Waals surface area contributed by atoms with Gasteiger partial charge in [-0.1, -0.05) is 48.5 Å². The first-order valence-electron chi connectivity index (χ1n) is 8.83. The summed E-state index contributed by atoms with van der Waals surface area (Å²) in [7, 11) is 0. The van der Waals surface area contributed by atoms with Gasteiger partial charge < -0.3 is 14.8 Å². The summed E-state index contributed by atoms with van der Waals surface area (Å²) in [5.74, 6) is 0.423. The highest BCUT2D eigenvalue weighted by molar-refractivity contribution is 5.83. The van der Waals surface area contributed by atoms with E-state index in [9.17, 15) is 9.59 Å². The van der Waals surface area contributed by atoms with Crippen LogP contribution in [0.15, 0.2) is 79.1 Å². The maximum atomic E-state index is 12.0. The van der Waals surface area contributed by atoms with Crippen LogP contribution in [-0.4, -0.2) is 23.4 Å². The van der Waals surface area contributed by atoms with Crippen molar-refractivity contribution in [1.29, 1.82) is 0 Å². The number of amides is 1. The topological polar surface area (TPSA) is 77.5 Å². The molecule has 0 aliphatic rings. The van der Waals surface area contributed by atoms with Crippen molar-refractivity contribution in [3.05, 3.63) is 90.3 Å². The Morgan fingerprint density at radius 2 is 1.71 bits per heavy atom. The van der Waals surface area contributed by atoms with E-state index in [-0.39, 0.29) is 25.5 Å². The van der Waals surface area contributed by atoms with Crippen molar-refractivity contribution >= 4 is 11.9 Å². The quantitative estimate of drug-likeness (QED) is 0.611. The van der Waals surface area contributed by atoms with Gasteiger partial charge in [0.05, 0.1) is 12.6 Å². The molecule has 1 heterocycles. The van der Waals surface area contributed by atoms with Crippen LogP contribution in [0.4, 0.5) is 0 Å². The summed E-state index contributed by atoms with van der Waals surface area (Å²) in [6.45, 7) is -0.138. The number of carbonyl (C=O) groups excluding carboxylic acids is 2. The number of benzene rings is 2. The van der Waals surface area contributed by atoms with Crippen LogP contribution in [0.5, 0.6) is 11.5 Å². The lowest BCUT2D eigenvalue weighted by atomic mass is 10.1. The zero-order valence-electron chi connectivity index (χ0n) is 15.2. The van der Waals surface area contributed by atoms with E-state index in [4.69, 9.17) is 9.47 Å². The molecule has 3 rings (SSSR count). The normalized spacial score (nSPS) is 10.1. The van der Waals surface area contributed by atoms with Gasteiger partial charge >= 0.3 is 5.97 Å². The summed E-state index contributed by atoms with van der Waals surface area (Å²) in [5, 5.41) is 2.57. The van der Waals surface area contributed by atoms with Gasteiger partial charge in [-0.05, 0) is 23.8 Å². The number of hydrogen-bond donors (Lipinski definition) is 1. The van der Waals surface area contributed by atoms with Crippen LogP contribution < -0.4 is 10.1 Å². The largest absolute Gasteiger partial charge is 0.459 e.